The summed E-state index contributed by atoms with van der Waals surface area (Å²) in [4.78, 5) is 14.3. The maximum atomic E-state index is 11.8. The number of carbonyl (C=O) groups excluding carboxylic acids is 1. The second-order valence-electron chi connectivity index (χ2n) is 5.55. The number of rotatable bonds is 6. The fourth-order valence-electron chi connectivity index (χ4n) is 2.87. The minimum Gasteiger partial charge on any atom is -0.468 e. The zero-order valence-electron chi connectivity index (χ0n) is 12.5. The highest BCUT2D eigenvalue weighted by molar-refractivity contribution is 5.80. The second kappa shape index (κ2) is 6.53. The molecule has 1 rings (SSSR count). The van der Waals surface area contributed by atoms with Gasteiger partial charge in [-0.2, -0.15) is 0 Å². The van der Waals surface area contributed by atoms with Crippen molar-refractivity contribution in [3.8, 4) is 0 Å². The molecular weight excluding hydrogens is 228 g/mol. The predicted molar refractivity (Wildman–Crippen MR) is 73.6 cm³/mol. The van der Waals surface area contributed by atoms with E-state index in [1.807, 2.05) is 14.0 Å². The number of nitrogens with zero attached hydrogens (tertiary/aromatic N) is 1. The zero-order chi connectivity index (χ0) is 13.8. The van der Waals surface area contributed by atoms with E-state index in [9.17, 15) is 4.79 Å². The first kappa shape index (κ1) is 15.4. The van der Waals surface area contributed by atoms with E-state index >= 15 is 0 Å². The molecule has 0 saturated carbocycles. The Morgan fingerprint density at radius 3 is 2.67 bits per heavy atom. The lowest BCUT2D eigenvalue weighted by Crippen LogP contribution is -2.51. The lowest BCUT2D eigenvalue weighted by Gasteiger charge is -2.32. The molecule has 1 aliphatic heterocycles. The fourth-order valence-corrected chi connectivity index (χ4v) is 2.87. The summed E-state index contributed by atoms with van der Waals surface area (Å²) in [6.07, 6.45) is 4.54. The molecule has 1 saturated heterocycles. The summed E-state index contributed by atoms with van der Waals surface area (Å²) in [6.45, 7) is 7.39. The molecule has 0 aromatic heterocycles. The van der Waals surface area contributed by atoms with Crippen molar-refractivity contribution in [2.24, 2.45) is 0 Å². The molecule has 0 spiro atoms. The molecule has 18 heavy (non-hydrogen) atoms. The van der Waals surface area contributed by atoms with Crippen LogP contribution in [0.1, 0.15) is 46.5 Å². The molecule has 4 heteroatoms. The maximum Gasteiger partial charge on any atom is 0.325 e. The number of likely N-dealkylation sites (tertiary alicyclic amines) is 1. The Bertz CT molecular complexity index is 283. The van der Waals surface area contributed by atoms with Crippen molar-refractivity contribution >= 4 is 5.97 Å². The van der Waals surface area contributed by atoms with Crippen molar-refractivity contribution in [3.63, 3.8) is 0 Å². The number of esters is 1. The van der Waals surface area contributed by atoms with Crippen molar-refractivity contribution in [1.29, 1.82) is 0 Å². The number of hydrogen-bond acceptors (Lipinski definition) is 4. The molecule has 1 N–H and O–H groups in total. The van der Waals surface area contributed by atoms with Crippen molar-refractivity contribution in [2.75, 3.05) is 20.7 Å². The van der Waals surface area contributed by atoms with Crippen molar-refractivity contribution in [3.05, 3.63) is 0 Å². The minimum absolute atomic E-state index is 0.176. The smallest absolute Gasteiger partial charge is 0.325 e. The summed E-state index contributed by atoms with van der Waals surface area (Å²) in [5.74, 6) is -0.176. The van der Waals surface area contributed by atoms with Crippen LogP contribution >= 0.6 is 0 Å². The van der Waals surface area contributed by atoms with Crippen LogP contribution in [0.4, 0.5) is 0 Å². The Kier molecular flexibility index (Phi) is 5.60. The third kappa shape index (κ3) is 3.23. The van der Waals surface area contributed by atoms with Gasteiger partial charge in [-0.1, -0.05) is 6.92 Å². The van der Waals surface area contributed by atoms with Gasteiger partial charge in [0.2, 0.25) is 0 Å². The quantitative estimate of drug-likeness (QED) is 0.736. The van der Waals surface area contributed by atoms with Crippen LogP contribution in [0.25, 0.3) is 0 Å². The van der Waals surface area contributed by atoms with Gasteiger partial charge in [-0.15, -0.1) is 0 Å². The van der Waals surface area contributed by atoms with E-state index in [1.54, 1.807) is 0 Å². The van der Waals surface area contributed by atoms with Gasteiger partial charge in [-0.05, 0) is 46.6 Å². The van der Waals surface area contributed by atoms with Crippen LogP contribution in [0, 0.1) is 0 Å². The van der Waals surface area contributed by atoms with E-state index in [0.29, 0.717) is 12.1 Å². The van der Waals surface area contributed by atoms with Crippen molar-refractivity contribution in [2.45, 2.75) is 64.1 Å². The Labute approximate surface area is 111 Å². The Balaban J connectivity index is 2.59. The number of hydrogen-bond donors (Lipinski definition) is 1. The molecule has 3 unspecified atom stereocenters. The SMILES string of the molecule is CCC1CCC(C)N1CCC(C)(NC)C(=O)OC. The van der Waals surface area contributed by atoms with Gasteiger partial charge in [0.1, 0.15) is 5.54 Å². The molecule has 0 aliphatic carbocycles. The lowest BCUT2D eigenvalue weighted by atomic mass is 9.97. The van der Waals surface area contributed by atoms with Gasteiger partial charge >= 0.3 is 5.97 Å². The molecule has 3 atom stereocenters. The first-order chi connectivity index (χ1) is 8.48. The fraction of sp³-hybridized carbons (Fsp3) is 0.929. The molecule has 1 fully saturated rings. The van der Waals surface area contributed by atoms with E-state index in [4.69, 9.17) is 4.74 Å². The highest BCUT2D eigenvalue weighted by atomic mass is 16.5. The monoisotopic (exact) mass is 256 g/mol. The van der Waals surface area contributed by atoms with Crippen LogP contribution < -0.4 is 5.32 Å². The van der Waals surface area contributed by atoms with E-state index in [0.717, 1.165) is 13.0 Å². The number of methoxy groups -OCH3 is 1. The van der Waals surface area contributed by atoms with Gasteiger partial charge in [0.25, 0.3) is 0 Å². The summed E-state index contributed by atoms with van der Waals surface area (Å²) >= 11 is 0. The second-order valence-corrected chi connectivity index (χ2v) is 5.55. The third-order valence-corrected chi connectivity index (χ3v) is 4.48. The number of ether oxygens (including phenoxy) is 1. The highest BCUT2D eigenvalue weighted by Crippen LogP contribution is 2.27. The van der Waals surface area contributed by atoms with Gasteiger partial charge in [0.15, 0.2) is 0 Å². The van der Waals surface area contributed by atoms with Crippen LogP contribution in [0.5, 0.6) is 0 Å². The Hall–Kier alpha value is -0.610. The Morgan fingerprint density at radius 1 is 1.50 bits per heavy atom. The molecule has 0 amide bonds. The van der Waals surface area contributed by atoms with E-state index < -0.39 is 5.54 Å². The molecule has 1 heterocycles. The standard InChI is InChI=1S/C14H28N2O2/c1-6-12-8-7-11(2)16(12)10-9-14(3,15-4)13(17)18-5/h11-12,15H,6-10H2,1-5H3. The van der Waals surface area contributed by atoms with Crippen LogP contribution in [-0.4, -0.2) is 49.2 Å². The first-order valence-corrected chi connectivity index (χ1v) is 7.01. The third-order valence-electron chi connectivity index (χ3n) is 4.48. The molecule has 0 aromatic rings. The highest BCUT2D eigenvalue weighted by Gasteiger charge is 2.36. The lowest BCUT2D eigenvalue weighted by molar-refractivity contribution is -0.148. The van der Waals surface area contributed by atoms with Crippen LogP contribution in [0.2, 0.25) is 0 Å². The topological polar surface area (TPSA) is 41.6 Å². The number of likely N-dealkylation sites (N-methyl/N-ethyl adjacent to an activating group) is 1. The van der Waals surface area contributed by atoms with Crippen molar-refractivity contribution in [1.82, 2.24) is 10.2 Å². The van der Waals surface area contributed by atoms with Gasteiger partial charge in [0.05, 0.1) is 7.11 Å². The van der Waals surface area contributed by atoms with Gasteiger partial charge in [-0.25, -0.2) is 0 Å². The molecule has 0 bridgehead atoms. The average molecular weight is 256 g/mol. The summed E-state index contributed by atoms with van der Waals surface area (Å²) in [6, 6.07) is 1.31. The molecule has 0 radical (unpaired) electrons. The summed E-state index contributed by atoms with van der Waals surface area (Å²) in [5, 5.41) is 3.10. The van der Waals surface area contributed by atoms with Crippen LogP contribution in [0.15, 0.2) is 0 Å². The molecule has 0 aromatic carbocycles. The minimum atomic E-state index is -0.574. The van der Waals surface area contributed by atoms with Crippen LogP contribution in [-0.2, 0) is 9.53 Å². The summed E-state index contributed by atoms with van der Waals surface area (Å²) < 4.78 is 4.88. The average Bonchev–Trinajstić information content (AvgIpc) is 2.75. The zero-order valence-corrected chi connectivity index (χ0v) is 12.5. The molecule has 1 aliphatic rings. The Morgan fingerprint density at radius 2 is 2.17 bits per heavy atom. The van der Waals surface area contributed by atoms with E-state index in [1.165, 1.54) is 26.4 Å². The molecule has 106 valence electrons. The largest absolute Gasteiger partial charge is 0.468 e. The first-order valence-electron chi connectivity index (χ1n) is 7.01. The number of nitrogens with one attached hydrogen (secondary N) is 1. The van der Waals surface area contributed by atoms with Crippen molar-refractivity contribution < 1.29 is 9.53 Å². The van der Waals surface area contributed by atoms with Crippen LogP contribution in [0.3, 0.4) is 0 Å². The summed E-state index contributed by atoms with van der Waals surface area (Å²) in [7, 11) is 3.27. The predicted octanol–water partition coefficient (Wildman–Crippen LogP) is 1.79. The number of carbonyl (C=O) groups is 1. The van der Waals surface area contributed by atoms with Gasteiger partial charge < -0.3 is 10.1 Å². The summed E-state index contributed by atoms with van der Waals surface area (Å²) in [5.41, 5.74) is -0.574. The van der Waals surface area contributed by atoms with Gasteiger partial charge in [0, 0.05) is 18.6 Å². The molecule has 4 nitrogen and oxygen atoms in total. The maximum absolute atomic E-state index is 11.8. The van der Waals surface area contributed by atoms with Gasteiger partial charge in [-0.3, -0.25) is 9.69 Å². The normalized spacial score (nSPS) is 28.1. The molecular formula is C14H28N2O2. The van der Waals surface area contributed by atoms with E-state index in [2.05, 4.69) is 24.1 Å². The van der Waals surface area contributed by atoms with E-state index in [-0.39, 0.29) is 5.97 Å².